The molecule has 2 aromatic carbocycles. The lowest BCUT2D eigenvalue weighted by atomic mass is 9.98. The highest BCUT2D eigenvalue weighted by atomic mass is 79.9. The van der Waals surface area contributed by atoms with E-state index < -0.39 is 6.10 Å². The smallest absolute Gasteiger partial charge is 0.0833 e. The van der Waals surface area contributed by atoms with Gasteiger partial charge in [-0.05, 0) is 41.8 Å². The quantitative estimate of drug-likeness (QED) is 0.868. The third-order valence-corrected chi connectivity index (χ3v) is 3.95. The Kier molecular flexibility index (Phi) is 4.44. The van der Waals surface area contributed by atoms with Gasteiger partial charge in [-0.25, -0.2) is 0 Å². The van der Waals surface area contributed by atoms with Gasteiger partial charge in [-0.2, -0.15) is 0 Å². The summed E-state index contributed by atoms with van der Waals surface area (Å²) in [6, 6.07) is 13.6. The van der Waals surface area contributed by atoms with E-state index in [9.17, 15) is 5.11 Å². The molecule has 18 heavy (non-hydrogen) atoms. The summed E-state index contributed by atoms with van der Waals surface area (Å²) < 4.78 is 1.04. The third kappa shape index (κ3) is 3.14. The molecule has 1 N–H and O–H groups in total. The molecule has 2 rings (SSSR count). The van der Waals surface area contributed by atoms with E-state index in [-0.39, 0.29) is 0 Å². The SMILES string of the molecule is Cc1c(Cl)cccc1C(O)Cc1ccc(Br)cc1. The van der Waals surface area contributed by atoms with Crippen molar-refractivity contribution in [3.8, 4) is 0 Å². The molecule has 0 saturated carbocycles. The van der Waals surface area contributed by atoms with Crippen LogP contribution in [0.5, 0.6) is 0 Å². The Balaban J connectivity index is 2.19. The van der Waals surface area contributed by atoms with Crippen molar-refractivity contribution in [2.45, 2.75) is 19.4 Å². The molecule has 1 atom stereocenters. The van der Waals surface area contributed by atoms with Crippen LogP contribution < -0.4 is 0 Å². The summed E-state index contributed by atoms with van der Waals surface area (Å²) >= 11 is 9.46. The molecule has 0 saturated heterocycles. The highest BCUT2D eigenvalue weighted by Gasteiger charge is 2.12. The Bertz CT molecular complexity index is 537. The molecule has 0 spiro atoms. The number of halogens is 2. The topological polar surface area (TPSA) is 20.2 Å². The van der Waals surface area contributed by atoms with Gasteiger partial charge in [-0.1, -0.05) is 51.8 Å². The second-order valence-corrected chi connectivity index (χ2v) is 5.62. The normalized spacial score (nSPS) is 12.4. The maximum Gasteiger partial charge on any atom is 0.0833 e. The van der Waals surface area contributed by atoms with Gasteiger partial charge in [-0.15, -0.1) is 0 Å². The first-order valence-electron chi connectivity index (χ1n) is 5.75. The highest BCUT2D eigenvalue weighted by molar-refractivity contribution is 9.10. The zero-order valence-electron chi connectivity index (χ0n) is 10.0. The molecule has 0 aromatic heterocycles. The summed E-state index contributed by atoms with van der Waals surface area (Å²) in [7, 11) is 0. The zero-order valence-corrected chi connectivity index (χ0v) is 12.4. The van der Waals surface area contributed by atoms with Crippen LogP contribution in [0.3, 0.4) is 0 Å². The predicted octanol–water partition coefficient (Wildman–Crippen LogP) is 4.69. The van der Waals surface area contributed by atoms with Crippen molar-refractivity contribution in [1.29, 1.82) is 0 Å². The van der Waals surface area contributed by atoms with Crippen molar-refractivity contribution < 1.29 is 5.11 Å². The van der Waals surface area contributed by atoms with Crippen LogP contribution in [0.15, 0.2) is 46.9 Å². The Hall–Kier alpha value is -0.830. The van der Waals surface area contributed by atoms with Crippen molar-refractivity contribution in [2.24, 2.45) is 0 Å². The van der Waals surface area contributed by atoms with Gasteiger partial charge in [0, 0.05) is 15.9 Å². The van der Waals surface area contributed by atoms with Gasteiger partial charge in [0.05, 0.1) is 6.10 Å². The van der Waals surface area contributed by atoms with Crippen LogP contribution in [0.1, 0.15) is 22.8 Å². The molecule has 0 bridgehead atoms. The van der Waals surface area contributed by atoms with Crippen LogP contribution in [0, 0.1) is 6.92 Å². The van der Waals surface area contributed by atoms with Gasteiger partial charge in [0.2, 0.25) is 0 Å². The van der Waals surface area contributed by atoms with Crippen molar-refractivity contribution >= 4 is 27.5 Å². The van der Waals surface area contributed by atoms with Gasteiger partial charge in [-0.3, -0.25) is 0 Å². The van der Waals surface area contributed by atoms with Crippen molar-refractivity contribution in [3.05, 3.63) is 68.7 Å². The summed E-state index contributed by atoms with van der Waals surface area (Å²) in [6.45, 7) is 1.93. The van der Waals surface area contributed by atoms with Crippen LogP contribution in [0.25, 0.3) is 0 Å². The first-order valence-corrected chi connectivity index (χ1v) is 6.92. The lowest BCUT2D eigenvalue weighted by Gasteiger charge is -2.14. The minimum absolute atomic E-state index is 0.523. The second kappa shape index (κ2) is 5.87. The first-order chi connectivity index (χ1) is 8.58. The summed E-state index contributed by atoms with van der Waals surface area (Å²) in [4.78, 5) is 0. The first kappa shape index (κ1) is 13.6. The molecule has 3 heteroatoms. The molecule has 0 aliphatic rings. The summed E-state index contributed by atoms with van der Waals surface area (Å²) in [5, 5.41) is 11.0. The molecular weight excluding hydrogens is 312 g/mol. The summed E-state index contributed by atoms with van der Waals surface area (Å²) in [6.07, 6.45) is 0.0685. The van der Waals surface area contributed by atoms with E-state index in [0.717, 1.165) is 21.2 Å². The van der Waals surface area contributed by atoms with Crippen LogP contribution in [0.4, 0.5) is 0 Å². The largest absolute Gasteiger partial charge is 0.388 e. The van der Waals surface area contributed by atoms with E-state index in [0.29, 0.717) is 11.4 Å². The molecule has 0 heterocycles. The molecule has 94 valence electrons. The Morgan fingerprint density at radius 2 is 1.83 bits per heavy atom. The molecule has 2 aromatic rings. The van der Waals surface area contributed by atoms with Crippen LogP contribution in [-0.2, 0) is 6.42 Å². The molecule has 1 nitrogen and oxygen atoms in total. The average Bonchev–Trinajstić information content (AvgIpc) is 2.35. The molecule has 0 radical (unpaired) electrons. The van der Waals surface area contributed by atoms with Crippen LogP contribution >= 0.6 is 27.5 Å². The number of aliphatic hydroxyl groups is 1. The van der Waals surface area contributed by atoms with Crippen LogP contribution in [-0.4, -0.2) is 5.11 Å². The second-order valence-electron chi connectivity index (χ2n) is 4.30. The van der Waals surface area contributed by atoms with Gasteiger partial charge in [0.25, 0.3) is 0 Å². The maximum absolute atomic E-state index is 10.3. The van der Waals surface area contributed by atoms with Crippen molar-refractivity contribution in [3.63, 3.8) is 0 Å². The fourth-order valence-corrected chi connectivity index (χ4v) is 2.39. The maximum atomic E-state index is 10.3. The minimum Gasteiger partial charge on any atom is -0.388 e. The van der Waals surface area contributed by atoms with E-state index in [1.165, 1.54) is 0 Å². The zero-order chi connectivity index (χ0) is 13.1. The van der Waals surface area contributed by atoms with E-state index >= 15 is 0 Å². The van der Waals surface area contributed by atoms with Crippen molar-refractivity contribution in [1.82, 2.24) is 0 Å². The number of rotatable bonds is 3. The standard InChI is InChI=1S/C15H14BrClO/c1-10-13(3-2-4-14(10)17)15(18)9-11-5-7-12(16)8-6-11/h2-8,15,18H,9H2,1H3. The Morgan fingerprint density at radius 3 is 2.50 bits per heavy atom. The average molecular weight is 326 g/mol. The van der Waals surface area contributed by atoms with Gasteiger partial charge >= 0.3 is 0 Å². The summed E-state index contributed by atoms with van der Waals surface area (Å²) in [5.41, 5.74) is 2.94. The van der Waals surface area contributed by atoms with E-state index in [2.05, 4.69) is 15.9 Å². The van der Waals surface area contributed by atoms with Gasteiger partial charge in [0.1, 0.15) is 0 Å². The molecule has 0 fully saturated rings. The number of hydrogen-bond acceptors (Lipinski definition) is 1. The molecule has 0 aliphatic heterocycles. The third-order valence-electron chi connectivity index (χ3n) is 3.01. The summed E-state index contributed by atoms with van der Waals surface area (Å²) in [5.74, 6) is 0. The monoisotopic (exact) mass is 324 g/mol. The molecule has 0 aliphatic carbocycles. The lowest BCUT2D eigenvalue weighted by Crippen LogP contribution is -2.04. The Morgan fingerprint density at radius 1 is 1.17 bits per heavy atom. The van der Waals surface area contributed by atoms with Gasteiger partial charge < -0.3 is 5.11 Å². The Labute approximate surface area is 121 Å². The van der Waals surface area contributed by atoms with Crippen LogP contribution in [0.2, 0.25) is 5.02 Å². The molecule has 0 amide bonds. The van der Waals surface area contributed by atoms with Gasteiger partial charge in [0.15, 0.2) is 0 Å². The van der Waals surface area contributed by atoms with E-state index in [1.54, 1.807) is 0 Å². The number of benzene rings is 2. The minimum atomic E-state index is -0.523. The highest BCUT2D eigenvalue weighted by Crippen LogP contribution is 2.26. The number of aliphatic hydroxyl groups excluding tert-OH is 1. The van der Waals surface area contributed by atoms with E-state index in [4.69, 9.17) is 11.6 Å². The fourth-order valence-electron chi connectivity index (χ4n) is 1.94. The predicted molar refractivity (Wildman–Crippen MR) is 79.0 cm³/mol. The lowest BCUT2D eigenvalue weighted by molar-refractivity contribution is 0.177. The van der Waals surface area contributed by atoms with Crippen molar-refractivity contribution in [2.75, 3.05) is 0 Å². The van der Waals surface area contributed by atoms with E-state index in [1.807, 2.05) is 49.4 Å². The number of hydrogen-bond donors (Lipinski definition) is 1. The molecular formula is C15H14BrClO. The molecule has 1 unspecified atom stereocenters. The fraction of sp³-hybridized carbons (Fsp3) is 0.200.